The number of hydrogen-bond donors (Lipinski definition) is 1. The van der Waals surface area contributed by atoms with Gasteiger partial charge in [0.15, 0.2) is 0 Å². The lowest BCUT2D eigenvalue weighted by molar-refractivity contribution is -0.141. The Morgan fingerprint density at radius 2 is 2.17 bits per heavy atom. The van der Waals surface area contributed by atoms with Crippen LogP contribution < -0.4 is 5.32 Å². The maximum absolute atomic E-state index is 12.4. The number of carbonyl (C=O) groups is 1. The molecule has 2 saturated heterocycles. The highest BCUT2D eigenvalue weighted by atomic mass is 16.5. The minimum Gasteiger partial charge on any atom is -0.378 e. The van der Waals surface area contributed by atoms with Crippen molar-refractivity contribution in [3.63, 3.8) is 0 Å². The van der Waals surface area contributed by atoms with Crippen LogP contribution in [0.1, 0.15) is 6.92 Å². The summed E-state index contributed by atoms with van der Waals surface area (Å²) >= 11 is 0. The molecule has 100 valence electrons. The van der Waals surface area contributed by atoms with Gasteiger partial charge in [0, 0.05) is 32.7 Å². The minimum atomic E-state index is -0.227. The molecule has 0 aliphatic carbocycles. The lowest BCUT2D eigenvalue weighted by Crippen LogP contribution is -2.59. The molecule has 6 nitrogen and oxygen atoms in total. The van der Waals surface area contributed by atoms with Crippen molar-refractivity contribution in [1.29, 1.82) is 5.26 Å². The van der Waals surface area contributed by atoms with Crippen LogP contribution in [0.15, 0.2) is 0 Å². The molecular weight excluding hydrogens is 232 g/mol. The lowest BCUT2D eigenvalue weighted by atomic mass is 10.1. The van der Waals surface area contributed by atoms with E-state index < -0.39 is 0 Å². The van der Waals surface area contributed by atoms with E-state index in [9.17, 15) is 4.79 Å². The molecule has 2 heterocycles. The van der Waals surface area contributed by atoms with E-state index in [0.717, 1.165) is 13.1 Å². The molecule has 2 aliphatic rings. The molecule has 0 saturated carbocycles. The van der Waals surface area contributed by atoms with Crippen LogP contribution in [0.25, 0.3) is 0 Å². The molecule has 0 aromatic carbocycles. The Bertz CT molecular complexity index is 335. The highest BCUT2D eigenvalue weighted by Gasteiger charge is 2.32. The largest absolute Gasteiger partial charge is 0.378 e. The summed E-state index contributed by atoms with van der Waals surface area (Å²) < 4.78 is 5.25. The molecule has 2 rings (SSSR count). The number of nitrogens with one attached hydrogen (secondary N) is 1. The fraction of sp³-hybridized carbons (Fsp3) is 0.833. The van der Waals surface area contributed by atoms with Crippen LogP contribution in [0.2, 0.25) is 0 Å². The second kappa shape index (κ2) is 6.14. The van der Waals surface area contributed by atoms with Gasteiger partial charge in [0.2, 0.25) is 5.91 Å². The van der Waals surface area contributed by atoms with Crippen LogP contribution in [0.3, 0.4) is 0 Å². The Morgan fingerprint density at radius 3 is 2.83 bits per heavy atom. The zero-order valence-electron chi connectivity index (χ0n) is 10.8. The Hall–Kier alpha value is -1.16. The molecular formula is C12H20N4O2. The summed E-state index contributed by atoms with van der Waals surface area (Å²) in [5.74, 6) is 0.112. The van der Waals surface area contributed by atoms with Gasteiger partial charge in [0.1, 0.15) is 6.04 Å². The van der Waals surface area contributed by atoms with E-state index in [0.29, 0.717) is 32.8 Å². The van der Waals surface area contributed by atoms with Crippen molar-refractivity contribution < 1.29 is 9.53 Å². The Morgan fingerprint density at radius 1 is 1.44 bits per heavy atom. The molecule has 2 atom stereocenters. The monoisotopic (exact) mass is 252 g/mol. The van der Waals surface area contributed by atoms with E-state index in [-0.39, 0.29) is 18.0 Å². The fourth-order valence-corrected chi connectivity index (χ4v) is 2.49. The normalized spacial score (nSPS) is 27.6. The highest BCUT2D eigenvalue weighted by Crippen LogP contribution is 2.11. The Labute approximate surface area is 107 Å². The summed E-state index contributed by atoms with van der Waals surface area (Å²) in [6.07, 6.45) is 0. The molecule has 0 bridgehead atoms. The third-order valence-corrected chi connectivity index (χ3v) is 3.61. The molecule has 2 fully saturated rings. The number of rotatable bonds is 2. The number of nitrogens with zero attached hydrogens (tertiary/aromatic N) is 3. The van der Waals surface area contributed by atoms with Gasteiger partial charge in [-0.05, 0) is 6.92 Å². The number of hydrogen-bond acceptors (Lipinski definition) is 5. The van der Waals surface area contributed by atoms with Crippen molar-refractivity contribution in [2.45, 2.75) is 19.0 Å². The van der Waals surface area contributed by atoms with Crippen LogP contribution in [-0.2, 0) is 9.53 Å². The number of carbonyl (C=O) groups excluding carboxylic acids is 1. The molecule has 0 aromatic rings. The number of morpholine rings is 1. The van der Waals surface area contributed by atoms with Crippen molar-refractivity contribution >= 4 is 5.91 Å². The average molecular weight is 252 g/mol. The lowest BCUT2D eigenvalue weighted by Gasteiger charge is -2.38. The summed E-state index contributed by atoms with van der Waals surface area (Å²) in [6, 6.07) is 1.82. The molecule has 1 amide bonds. The number of ether oxygens (including phenoxy) is 1. The van der Waals surface area contributed by atoms with Crippen molar-refractivity contribution in [2.75, 3.05) is 45.9 Å². The van der Waals surface area contributed by atoms with Crippen LogP contribution >= 0.6 is 0 Å². The zero-order valence-corrected chi connectivity index (χ0v) is 10.8. The fourth-order valence-electron chi connectivity index (χ4n) is 2.49. The van der Waals surface area contributed by atoms with Gasteiger partial charge in [-0.3, -0.25) is 9.69 Å². The van der Waals surface area contributed by atoms with E-state index in [4.69, 9.17) is 10.00 Å². The molecule has 18 heavy (non-hydrogen) atoms. The number of piperazine rings is 1. The van der Waals surface area contributed by atoms with Gasteiger partial charge < -0.3 is 15.0 Å². The molecule has 1 N–H and O–H groups in total. The zero-order chi connectivity index (χ0) is 13.0. The molecule has 6 heteroatoms. The van der Waals surface area contributed by atoms with E-state index in [2.05, 4.69) is 11.4 Å². The van der Waals surface area contributed by atoms with Gasteiger partial charge >= 0.3 is 0 Å². The van der Waals surface area contributed by atoms with Gasteiger partial charge in [-0.15, -0.1) is 0 Å². The molecule has 2 unspecified atom stereocenters. The summed E-state index contributed by atoms with van der Waals surface area (Å²) in [5.41, 5.74) is 0. The second-order valence-electron chi connectivity index (χ2n) is 4.70. The molecule has 0 spiro atoms. The minimum absolute atomic E-state index is 0.112. The second-order valence-corrected chi connectivity index (χ2v) is 4.70. The van der Waals surface area contributed by atoms with Crippen LogP contribution in [0.4, 0.5) is 0 Å². The maximum Gasteiger partial charge on any atom is 0.239 e. The Kier molecular flexibility index (Phi) is 4.53. The van der Waals surface area contributed by atoms with E-state index in [1.807, 2.05) is 16.7 Å². The summed E-state index contributed by atoms with van der Waals surface area (Å²) in [6.45, 7) is 6.65. The third kappa shape index (κ3) is 2.80. The van der Waals surface area contributed by atoms with Crippen LogP contribution in [-0.4, -0.2) is 73.7 Å². The van der Waals surface area contributed by atoms with Gasteiger partial charge in [0.25, 0.3) is 0 Å². The summed E-state index contributed by atoms with van der Waals surface area (Å²) in [4.78, 5) is 16.2. The predicted molar refractivity (Wildman–Crippen MR) is 65.8 cm³/mol. The van der Waals surface area contributed by atoms with Crippen molar-refractivity contribution in [2.24, 2.45) is 0 Å². The Balaban J connectivity index is 1.98. The molecule has 0 radical (unpaired) electrons. The van der Waals surface area contributed by atoms with Gasteiger partial charge in [-0.2, -0.15) is 5.26 Å². The average Bonchev–Trinajstić information content (AvgIpc) is 2.46. The highest BCUT2D eigenvalue weighted by molar-refractivity contribution is 5.81. The quantitative estimate of drug-likeness (QED) is 0.685. The van der Waals surface area contributed by atoms with Crippen molar-refractivity contribution in [3.05, 3.63) is 0 Å². The van der Waals surface area contributed by atoms with Gasteiger partial charge in [-0.1, -0.05) is 0 Å². The molecule has 2 aliphatic heterocycles. The first-order chi connectivity index (χ1) is 8.74. The first-order valence-corrected chi connectivity index (χ1v) is 6.46. The van der Waals surface area contributed by atoms with Crippen molar-refractivity contribution in [1.82, 2.24) is 15.1 Å². The maximum atomic E-state index is 12.4. The van der Waals surface area contributed by atoms with Gasteiger partial charge in [-0.25, -0.2) is 0 Å². The van der Waals surface area contributed by atoms with Crippen LogP contribution in [0.5, 0.6) is 0 Å². The standard InChI is InChI=1S/C12H20N4O2/c1-10(12(17)15-4-6-18-7-5-15)16-3-2-14-9-11(16)8-13/h10-11,14H,2-7,9H2,1H3. The smallest absolute Gasteiger partial charge is 0.239 e. The first-order valence-electron chi connectivity index (χ1n) is 6.46. The van der Waals surface area contributed by atoms with E-state index >= 15 is 0 Å². The third-order valence-electron chi connectivity index (χ3n) is 3.61. The molecule has 0 aromatic heterocycles. The topological polar surface area (TPSA) is 68.6 Å². The number of amides is 1. The van der Waals surface area contributed by atoms with E-state index in [1.54, 1.807) is 0 Å². The predicted octanol–water partition coefficient (Wildman–Crippen LogP) is -0.969. The SMILES string of the molecule is CC(C(=O)N1CCOCC1)N1CCNCC1C#N. The van der Waals surface area contributed by atoms with Crippen molar-refractivity contribution in [3.8, 4) is 6.07 Å². The summed E-state index contributed by atoms with van der Waals surface area (Å²) in [7, 11) is 0. The first kappa shape index (κ1) is 13.3. The van der Waals surface area contributed by atoms with Crippen LogP contribution in [0, 0.1) is 11.3 Å². The summed E-state index contributed by atoms with van der Waals surface area (Å²) in [5, 5.41) is 12.3. The van der Waals surface area contributed by atoms with E-state index in [1.165, 1.54) is 0 Å². The number of nitriles is 1. The van der Waals surface area contributed by atoms with Gasteiger partial charge in [0.05, 0.1) is 25.3 Å².